The van der Waals surface area contributed by atoms with Crippen LogP contribution >= 0.6 is 0 Å². The molecule has 1 saturated heterocycles. The molecule has 1 aromatic carbocycles. The highest BCUT2D eigenvalue weighted by Gasteiger charge is 2.22. The van der Waals surface area contributed by atoms with E-state index in [0.717, 1.165) is 19.6 Å². The van der Waals surface area contributed by atoms with Crippen molar-refractivity contribution in [3.05, 3.63) is 48.5 Å². The van der Waals surface area contributed by atoms with Gasteiger partial charge in [0.05, 0.1) is 12.0 Å². The summed E-state index contributed by atoms with van der Waals surface area (Å²) in [7, 11) is 2.04. The molecule has 1 atom stereocenters. The van der Waals surface area contributed by atoms with Crippen molar-refractivity contribution in [3.8, 4) is 0 Å². The monoisotopic (exact) mass is 256 g/mol. The summed E-state index contributed by atoms with van der Waals surface area (Å²) >= 11 is 0. The highest BCUT2D eigenvalue weighted by Crippen LogP contribution is 2.19. The summed E-state index contributed by atoms with van der Waals surface area (Å²) in [6.45, 7) is 3.11. The zero-order chi connectivity index (χ0) is 13.1. The van der Waals surface area contributed by atoms with Crippen molar-refractivity contribution < 1.29 is 0 Å². The van der Waals surface area contributed by atoms with E-state index in [1.54, 1.807) is 0 Å². The van der Waals surface area contributed by atoms with Crippen LogP contribution in [0.2, 0.25) is 0 Å². The molecule has 100 valence electrons. The maximum atomic E-state index is 4.14. The molecule has 0 aliphatic carbocycles. The number of nitrogens with one attached hydrogen (secondary N) is 1. The van der Waals surface area contributed by atoms with Crippen molar-refractivity contribution >= 4 is 5.69 Å². The van der Waals surface area contributed by atoms with Gasteiger partial charge >= 0.3 is 0 Å². The zero-order valence-corrected chi connectivity index (χ0v) is 11.3. The lowest BCUT2D eigenvalue weighted by molar-refractivity contribution is 0.538. The summed E-state index contributed by atoms with van der Waals surface area (Å²) < 4.78 is 2.07. The van der Waals surface area contributed by atoms with Crippen molar-refractivity contribution in [3.63, 3.8) is 0 Å². The Hall–Kier alpha value is -1.81. The molecule has 19 heavy (non-hydrogen) atoms. The summed E-state index contributed by atoms with van der Waals surface area (Å²) in [5.41, 5.74) is 2.56. The molecule has 1 aliphatic heterocycles. The Morgan fingerprint density at radius 2 is 2.16 bits per heavy atom. The van der Waals surface area contributed by atoms with Crippen LogP contribution in [0, 0.1) is 0 Å². The predicted octanol–water partition coefficient (Wildman–Crippen LogP) is 1.79. The number of para-hydroxylation sites is 1. The van der Waals surface area contributed by atoms with Crippen LogP contribution in [0.3, 0.4) is 0 Å². The van der Waals surface area contributed by atoms with Crippen molar-refractivity contribution in [2.75, 3.05) is 18.0 Å². The molecule has 1 aliphatic rings. The Morgan fingerprint density at radius 1 is 1.32 bits per heavy atom. The van der Waals surface area contributed by atoms with Gasteiger partial charge in [0.25, 0.3) is 0 Å². The molecule has 2 aromatic rings. The Balaban J connectivity index is 1.54. The summed E-state index contributed by atoms with van der Waals surface area (Å²) in [6, 6.07) is 11.2. The Labute approximate surface area is 114 Å². The number of imidazole rings is 1. The second-order valence-corrected chi connectivity index (χ2v) is 5.14. The standard InChI is InChI=1S/C15H20N4/c1-18-12-16-9-15(18)10-17-13-7-8-19(11-13)14-5-3-2-4-6-14/h2-6,9,12-13,17H,7-8,10-11H2,1H3/t13-/m0/s1. The van der Waals surface area contributed by atoms with E-state index in [1.165, 1.54) is 17.8 Å². The average Bonchev–Trinajstić information content (AvgIpc) is 3.06. The molecule has 0 saturated carbocycles. The third kappa shape index (κ3) is 2.79. The second kappa shape index (κ2) is 5.45. The van der Waals surface area contributed by atoms with E-state index in [-0.39, 0.29) is 0 Å². The lowest BCUT2D eigenvalue weighted by Gasteiger charge is -2.19. The Kier molecular flexibility index (Phi) is 3.51. The molecule has 0 spiro atoms. The van der Waals surface area contributed by atoms with E-state index in [9.17, 15) is 0 Å². The summed E-state index contributed by atoms with van der Waals surface area (Å²) in [5.74, 6) is 0. The van der Waals surface area contributed by atoms with Crippen LogP contribution in [0.1, 0.15) is 12.1 Å². The normalized spacial score (nSPS) is 19.0. The quantitative estimate of drug-likeness (QED) is 0.905. The molecular weight excluding hydrogens is 236 g/mol. The first-order valence-electron chi connectivity index (χ1n) is 6.81. The van der Waals surface area contributed by atoms with Gasteiger partial charge < -0.3 is 14.8 Å². The van der Waals surface area contributed by atoms with Crippen molar-refractivity contribution in [1.29, 1.82) is 0 Å². The molecule has 0 bridgehead atoms. The van der Waals surface area contributed by atoms with E-state index < -0.39 is 0 Å². The van der Waals surface area contributed by atoms with Crippen LogP contribution in [0.5, 0.6) is 0 Å². The van der Waals surface area contributed by atoms with Crippen LogP contribution in [-0.2, 0) is 13.6 Å². The molecule has 2 heterocycles. The van der Waals surface area contributed by atoms with Crippen LogP contribution in [-0.4, -0.2) is 28.7 Å². The van der Waals surface area contributed by atoms with Gasteiger partial charge in [-0.3, -0.25) is 0 Å². The van der Waals surface area contributed by atoms with Gasteiger partial charge in [-0.05, 0) is 18.6 Å². The topological polar surface area (TPSA) is 33.1 Å². The number of nitrogens with zero attached hydrogens (tertiary/aromatic N) is 3. The fourth-order valence-electron chi connectivity index (χ4n) is 2.60. The molecule has 0 amide bonds. The van der Waals surface area contributed by atoms with E-state index in [1.807, 2.05) is 19.6 Å². The molecule has 4 nitrogen and oxygen atoms in total. The number of benzene rings is 1. The third-order valence-electron chi connectivity index (χ3n) is 3.80. The lowest BCUT2D eigenvalue weighted by Crippen LogP contribution is -2.32. The predicted molar refractivity (Wildman–Crippen MR) is 77.1 cm³/mol. The minimum Gasteiger partial charge on any atom is -0.370 e. The number of aryl methyl sites for hydroxylation is 1. The van der Waals surface area contributed by atoms with Gasteiger partial charge in [-0.25, -0.2) is 4.98 Å². The van der Waals surface area contributed by atoms with E-state index in [2.05, 4.69) is 50.1 Å². The molecular formula is C15H20N4. The van der Waals surface area contributed by atoms with Crippen LogP contribution in [0.15, 0.2) is 42.9 Å². The van der Waals surface area contributed by atoms with Crippen molar-refractivity contribution in [2.24, 2.45) is 7.05 Å². The number of aromatic nitrogens is 2. The van der Waals surface area contributed by atoms with Gasteiger partial charge in [-0.2, -0.15) is 0 Å². The Bertz CT molecular complexity index is 520. The minimum atomic E-state index is 0.565. The summed E-state index contributed by atoms with van der Waals surface area (Å²) in [6.07, 6.45) is 4.98. The zero-order valence-electron chi connectivity index (χ0n) is 11.3. The number of anilines is 1. The smallest absolute Gasteiger partial charge is 0.0945 e. The average molecular weight is 256 g/mol. The van der Waals surface area contributed by atoms with Gasteiger partial charge in [-0.15, -0.1) is 0 Å². The van der Waals surface area contributed by atoms with E-state index >= 15 is 0 Å². The van der Waals surface area contributed by atoms with Gasteiger partial charge in [0.2, 0.25) is 0 Å². The lowest BCUT2D eigenvalue weighted by atomic mass is 10.2. The number of hydrogen-bond acceptors (Lipinski definition) is 3. The maximum Gasteiger partial charge on any atom is 0.0945 e. The van der Waals surface area contributed by atoms with Crippen LogP contribution in [0.4, 0.5) is 5.69 Å². The molecule has 0 radical (unpaired) electrons. The van der Waals surface area contributed by atoms with E-state index in [0.29, 0.717) is 6.04 Å². The summed E-state index contributed by atoms with van der Waals surface area (Å²) in [5, 5.41) is 3.62. The van der Waals surface area contributed by atoms with Gasteiger partial charge in [0.1, 0.15) is 0 Å². The second-order valence-electron chi connectivity index (χ2n) is 5.14. The number of hydrogen-bond donors (Lipinski definition) is 1. The molecule has 1 N–H and O–H groups in total. The fourth-order valence-corrected chi connectivity index (χ4v) is 2.60. The molecule has 1 aromatic heterocycles. The SMILES string of the molecule is Cn1cncc1CN[C@H]1CCN(c2ccccc2)C1. The first-order chi connectivity index (χ1) is 9.33. The van der Waals surface area contributed by atoms with Crippen LogP contribution in [0.25, 0.3) is 0 Å². The largest absolute Gasteiger partial charge is 0.370 e. The maximum absolute atomic E-state index is 4.14. The summed E-state index contributed by atoms with van der Waals surface area (Å²) in [4.78, 5) is 6.59. The fraction of sp³-hybridized carbons (Fsp3) is 0.400. The van der Waals surface area contributed by atoms with Crippen LogP contribution < -0.4 is 10.2 Å². The number of rotatable bonds is 4. The molecule has 1 fully saturated rings. The first-order valence-corrected chi connectivity index (χ1v) is 6.81. The van der Waals surface area contributed by atoms with Gasteiger partial charge in [0.15, 0.2) is 0 Å². The Morgan fingerprint density at radius 3 is 2.89 bits per heavy atom. The van der Waals surface area contributed by atoms with Gasteiger partial charge in [-0.1, -0.05) is 18.2 Å². The molecule has 4 heteroatoms. The minimum absolute atomic E-state index is 0.565. The van der Waals surface area contributed by atoms with Crippen molar-refractivity contribution in [2.45, 2.75) is 19.0 Å². The van der Waals surface area contributed by atoms with Crippen molar-refractivity contribution in [1.82, 2.24) is 14.9 Å². The molecule has 0 unspecified atom stereocenters. The first kappa shape index (κ1) is 12.2. The highest BCUT2D eigenvalue weighted by molar-refractivity contribution is 5.47. The highest BCUT2D eigenvalue weighted by atomic mass is 15.2. The van der Waals surface area contributed by atoms with Gasteiger partial charge in [0, 0.05) is 44.6 Å². The van der Waals surface area contributed by atoms with E-state index in [4.69, 9.17) is 0 Å². The molecule has 3 rings (SSSR count). The third-order valence-corrected chi connectivity index (χ3v) is 3.80.